The smallest absolute Gasteiger partial charge is 0.317 e. The summed E-state index contributed by atoms with van der Waals surface area (Å²) in [6.07, 6.45) is 4.40. The molecule has 2 aliphatic rings. The summed E-state index contributed by atoms with van der Waals surface area (Å²) in [6.45, 7) is 5.91. The van der Waals surface area contributed by atoms with Crippen LogP contribution in [0.25, 0.3) is 0 Å². The van der Waals surface area contributed by atoms with Gasteiger partial charge in [0.25, 0.3) is 0 Å². The maximum Gasteiger partial charge on any atom is 0.317 e. The summed E-state index contributed by atoms with van der Waals surface area (Å²) in [6, 6.07) is 5.93. The van der Waals surface area contributed by atoms with E-state index in [0.717, 1.165) is 32.5 Å². The number of halogens is 1. The van der Waals surface area contributed by atoms with Crippen molar-refractivity contribution in [2.24, 2.45) is 0 Å². The van der Waals surface area contributed by atoms with Crippen LogP contribution >= 0.6 is 0 Å². The zero-order chi connectivity index (χ0) is 17.9. The van der Waals surface area contributed by atoms with Gasteiger partial charge in [-0.2, -0.15) is 0 Å². The van der Waals surface area contributed by atoms with Gasteiger partial charge in [0.2, 0.25) is 0 Å². The molecule has 0 aliphatic carbocycles. The van der Waals surface area contributed by atoms with Crippen molar-refractivity contribution in [2.75, 3.05) is 32.7 Å². The van der Waals surface area contributed by atoms with Gasteiger partial charge in [0.1, 0.15) is 11.4 Å². The summed E-state index contributed by atoms with van der Waals surface area (Å²) in [5, 5.41) is 13.6. The molecule has 25 heavy (non-hydrogen) atoms. The maximum atomic E-state index is 13.0. The second-order valence-electron chi connectivity index (χ2n) is 7.31. The first-order valence-corrected chi connectivity index (χ1v) is 9.26. The maximum absolute atomic E-state index is 13.0. The second kappa shape index (κ2) is 7.70. The molecule has 5 nitrogen and oxygen atoms in total. The quantitative estimate of drug-likeness (QED) is 0.858. The van der Waals surface area contributed by atoms with E-state index in [2.05, 4.69) is 17.1 Å². The van der Waals surface area contributed by atoms with Gasteiger partial charge in [-0.25, -0.2) is 9.18 Å². The van der Waals surface area contributed by atoms with E-state index in [-0.39, 0.29) is 31.0 Å². The van der Waals surface area contributed by atoms with Crippen molar-refractivity contribution in [2.45, 2.75) is 44.2 Å². The van der Waals surface area contributed by atoms with E-state index in [1.165, 1.54) is 25.0 Å². The van der Waals surface area contributed by atoms with Crippen molar-refractivity contribution in [1.82, 2.24) is 15.1 Å². The molecule has 2 amide bonds. The zero-order valence-corrected chi connectivity index (χ0v) is 14.9. The molecular formula is C19H28FN3O2. The van der Waals surface area contributed by atoms with Crippen LogP contribution in [0.5, 0.6) is 0 Å². The number of likely N-dealkylation sites (tertiary alicyclic amines) is 2. The number of rotatable bonds is 5. The van der Waals surface area contributed by atoms with Crippen LogP contribution in [0.3, 0.4) is 0 Å². The molecule has 138 valence electrons. The Morgan fingerprint density at radius 3 is 2.52 bits per heavy atom. The first-order valence-electron chi connectivity index (χ1n) is 9.26. The molecule has 6 heteroatoms. The first-order chi connectivity index (χ1) is 12.0. The third-order valence-electron chi connectivity index (χ3n) is 5.32. The van der Waals surface area contributed by atoms with Gasteiger partial charge in [-0.05, 0) is 43.5 Å². The minimum absolute atomic E-state index is 0.112. The number of hydrogen-bond acceptors (Lipinski definition) is 3. The van der Waals surface area contributed by atoms with Crippen LogP contribution in [0.2, 0.25) is 0 Å². The number of urea groups is 1. The lowest BCUT2D eigenvalue weighted by Crippen LogP contribution is -2.64. The molecule has 0 spiro atoms. The van der Waals surface area contributed by atoms with Crippen LogP contribution in [0.4, 0.5) is 9.18 Å². The van der Waals surface area contributed by atoms with E-state index in [1.807, 2.05) is 0 Å². The number of carbonyl (C=O) groups excluding carboxylic acids is 1. The fourth-order valence-corrected chi connectivity index (χ4v) is 3.62. The molecule has 2 fully saturated rings. The Morgan fingerprint density at radius 2 is 1.92 bits per heavy atom. The molecule has 0 bridgehead atoms. The van der Waals surface area contributed by atoms with Crippen molar-refractivity contribution in [1.29, 1.82) is 0 Å². The summed E-state index contributed by atoms with van der Waals surface area (Å²) in [4.78, 5) is 16.4. The van der Waals surface area contributed by atoms with E-state index in [0.29, 0.717) is 5.56 Å². The predicted molar refractivity (Wildman–Crippen MR) is 94.8 cm³/mol. The van der Waals surface area contributed by atoms with Crippen molar-refractivity contribution in [3.8, 4) is 0 Å². The number of unbranched alkanes of at least 4 members (excludes halogenated alkanes) is 1. The fourth-order valence-electron chi connectivity index (χ4n) is 3.62. The largest absolute Gasteiger partial charge is 0.381 e. The molecule has 1 aromatic rings. The standard InChI is InChI=1S/C19H28FN3O2/c1-2-3-10-22-11-8-17(9-12-22)21-18(24)23-13-19(25,14-23)15-4-6-16(20)7-5-15/h4-7,17,25H,2-3,8-14H2,1H3,(H,21,24). The highest BCUT2D eigenvalue weighted by molar-refractivity contribution is 5.76. The van der Waals surface area contributed by atoms with Crippen molar-refractivity contribution in [3.05, 3.63) is 35.6 Å². The summed E-state index contributed by atoms with van der Waals surface area (Å²) in [5.41, 5.74) is -0.406. The van der Waals surface area contributed by atoms with Gasteiger partial charge in [-0.1, -0.05) is 25.5 Å². The number of piperidine rings is 1. The van der Waals surface area contributed by atoms with Crippen LogP contribution < -0.4 is 5.32 Å². The number of nitrogens with zero attached hydrogens (tertiary/aromatic N) is 2. The highest BCUT2D eigenvalue weighted by Crippen LogP contribution is 2.32. The lowest BCUT2D eigenvalue weighted by molar-refractivity contribution is -0.0821. The molecule has 0 aromatic heterocycles. The van der Waals surface area contributed by atoms with Gasteiger partial charge in [0, 0.05) is 19.1 Å². The average Bonchev–Trinajstić information content (AvgIpc) is 2.59. The number of amides is 2. The predicted octanol–water partition coefficient (Wildman–Crippen LogP) is 2.30. The molecule has 0 unspecified atom stereocenters. The Morgan fingerprint density at radius 1 is 1.28 bits per heavy atom. The van der Waals surface area contributed by atoms with Gasteiger partial charge in [0.05, 0.1) is 13.1 Å². The van der Waals surface area contributed by atoms with Gasteiger partial charge >= 0.3 is 6.03 Å². The molecule has 2 aliphatic heterocycles. The van der Waals surface area contributed by atoms with Gasteiger partial charge in [0.15, 0.2) is 0 Å². The Balaban J connectivity index is 1.43. The molecule has 0 radical (unpaired) electrons. The third kappa shape index (κ3) is 4.30. The SMILES string of the molecule is CCCCN1CCC(NC(=O)N2CC(O)(c3ccc(F)cc3)C2)CC1. The van der Waals surface area contributed by atoms with E-state index < -0.39 is 5.60 Å². The van der Waals surface area contributed by atoms with Crippen LogP contribution in [-0.2, 0) is 5.60 Å². The summed E-state index contributed by atoms with van der Waals surface area (Å²) in [5.74, 6) is -0.327. The molecule has 1 aromatic carbocycles. The van der Waals surface area contributed by atoms with Crippen molar-refractivity contribution < 1.29 is 14.3 Å². The van der Waals surface area contributed by atoms with Crippen LogP contribution in [0.15, 0.2) is 24.3 Å². The highest BCUT2D eigenvalue weighted by atomic mass is 19.1. The molecule has 0 atom stereocenters. The third-order valence-corrected chi connectivity index (χ3v) is 5.32. The Labute approximate surface area is 148 Å². The van der Waals surface area contributed by atoms with E-state index in [1.54, 1.807) is 17.0 Å². The van der Waals surface area contributed by atoms with Gasteiger partial charge in [-0.15, -0.1) is 0 Å². The number of aliphatic hydroxyl groups is 1. The summed E-state index contributed by atoms with van der Waals surface area (Å²) in [7, 11) is 0. The van der Waals surface area contributed by atoms with Crippen LogP contribution in [0, 0.1) is 5.82 Å². The molecule has 3 rings (SSSR count). The number of nitrogens with one attached hydrogen (secondary N) is 1. The summed E-state index contributed by atoms with van der Waals surface area (Å²) >= 11 is 0. The normalized spacial score (nSPS) is 21.0. The number of benzene rings is 1. The Kier molecular flexibility index (Phi) is 5.59. The number of carbonyl (C=O) groups is 1. The van der Waals surface area contributed by atoms with Gasteiger partial charge < -0.3 is 20.2 Å². The number of β-amino-alcohol motifs (C(OH)–C–C–N with tert-alkyl or cyclic N) is 1. The average molecular weight is 349 g/mol. The zero-order valence-electron chi connectivity index (χ0n) is 14.9. The highest BCUT2D eigenvalue weighted by Gasteiger charge is 2.45. The van der Waals surface area contributed by atoms with E-state index in [9.17, 15) is 14.3 Å². The first kappa shape index (κ1) is 18.1. The minimum atomic E-state index is -1.06. The lowest BCUT2D eigenvalue weighted by atomic mass is 9.86. The topological polar surface area (TPSA) is 55.8 Å². The van der Waals surface area contributed by atoms with Crippen molar-refractivity contribution >= 4 is 6.03 Å². The molecule has 2 saturated heterocycles. The fraction of sp³-hybridized carbons (Fsp3) is 0.632. The van der Waals surface area contributed by atoms with Crippen molar-refractivity contribution in [3.63, 3.8) is 0 Å². The minimum Gasteiger partial charge on any atom is -0.381 e. The lowest BCUT2D eigenvalue weighted by Gasteiger charge is -2.47. The Bertz CT molecular complexity index is 579. The molecule has 2 heterocycles. The van der Waals surface area contributed by atoms with Crippen LogP contribution in [-0.4, -0.2) is 59.7 Å². The summed E-state index contributed by atoms with van der Waals surface area (Å²) < 4.78 is 13.0. The molecule has 2 N–H and O–H groups in total. The molecule has 0 saturated carbocycles. The van der Waals surface area contributed by atoms with Gasteiger partial charge in [-0.3, -0.25) is 0 Å². The second-order valence-corrected chi connectivity index (χ2v) is 7.31. The number of hydrogen-bond donors (Lipinski definition) is 2. The Hall–Kier alpha value is -1.66. The van der Waals surface area contributed by atoms with E-state index in [4.69, 9.17) is 0 Å². The molecular weight excluding hydrogens is 321 g/mol. The van der Waals surface area contributed by atoms with E-state index >= 15 is 0 Å². The van der Waals surface area contributed by atoms with Crippen LogP contribution in [0.1, 0.15) is 38.2 Å². The monoisotopic (exact) mass is 349 g/mol.